The van der Waals surface area contributed by atoms with Gasteiger partial charge in [0.25, 0.3) is 12.0 Å². The van der Waals surface area contributed by atoms with Gasteiger partial charge in [0.2, 0.25) is 0 Å². The van der Waals surface area contributed by atoms with Gasteiger partial charge < -0.3 is 9.47 Å². The molecule has 5 nitrogen and oxygen atoms in total. The van der Waals surface area contributed by atoms with E-state index in [0.717, 1.165) is 0 Å². The molecule has 2 aliphatic heterocycles. The molecule has 0 amide bonds. The Kier molecular flexibility index (Phi) is 8.57. The third-order valence-electron chi connectivity index (χ3n) is 3.43. The van der Waals surface area contributed by atoms with Gasteiger partial charge >= 0.3 is 39.3 Å². The molecule has 0 aromatic carbocycles. The summed E-state index contributed by atoms with van der Waals surface area (Å²) in [5.74, 6) is 0.983. The zero-order chi connectivity index (χ0) is 16.0. The van der Waals surface area contributed by atoms with E-state index in [4.69, 9.17) is 9.47 Å². The molecular formula is C13H23Br2N3NiO2. The van der Waals surface area contributed by atoms with Gasteiger partial charge in [-0.3, -0.25) is 4.90 Å². The van der Waals surface area contributed by atoms with Crippen molar-refractivity contribution in [2.45, 2.75) is 39.8 Å². The van der Waals surface area contributed by atoms with E-state index < -0.39 is 0 Å². The SMILES string of the molecule is CC(C)C1COC(N(C)C2=NC(C(C)C)CO2)=N1.[Br][Ni][Br]. The zero-order valence-electron chi connectivity index (χ0n) is 13.0. The Balaban J connectivity index is 0.000000677. The maximum atomic E-state index is 5.61. The Morgan fingerprint density at radius 3 is 1.57 bits per heavy atom. The molecule has 2 rings (SSSR count). The number of rotatable bonds is 2. The van der Waals surface area contributed by atoms with E-state index in [9.17, 15) is 0 Å². The monoisotopic (exact) mass is 469 g/mol. The van der Waals surface area contributed by atoms with Gasteiger partial charge in [-0.15, -0.1) is 0 Å². The van der Waals surface area contributed by atoms with E-state index >= 15 is 0 Å². The average Bonchev–Trinajstić information content (AvgIpc) is 3.08. The fourth-order valence-electron chi connectivity index (χ4n) is 1.88. The molecule has 0 saturated heterocycles. The first-order valence-corrected chi connectivity index (χ1v) is 11.8. The minimum absolute atomic E-state index is 0.241. The van der Waals surface area contributed by atoms with E-state index in [2.05, 4.69) is 66.1 Å². The van der Waals surface area contributed by atoms with Crippen LogP contribution in [0.1, 0.15) is 27.7 Å². The predicted octanol–water partition coefficient (Wildman–Crippen LogP) is 3.43. The Morgan fingerprint density at radius 2 is 1.33 bits per heavy atom. The number of hydrogen-bond donors (Lipinski definition) is 0. The number of aliphatic imine (C=N–C) groups is 2. The number of amidine groups is 2. The zero-order valence-corrected chi connectivity index (χ0v) is 17.1. The molecule has 2 heterocycles. The summed E-state index contributed by atoms with van der Waals surface area (Å²) in [5.41, 5.74) is 0. The van der Waals surface area contributed by atoms with Crippen molar-refractivity contribution >= 4 is 40.5 Å². The van der Waals surface area contributed by atoms with Gasteiger partial charge in [0.05, 0.1) is 12.1 Å². The Hall–Kier alpha value is 0.194. The van der Waals surface area contributed by atoms with Gasteiger partial charge in [-0.05, 0) is 11.8 Å². The van der Waals surface area contributed by atoms with Gasteiger partial charge in [0, 0.05) is 7.05 Å². The van der Waals surface area contributed by atoms with E-state index in [-0.39, 0.29) is 12.1 Å². The van der Waals surface area contributed by atoms with Crippen molar-refractivity contribution in [1.29, 1.82) is 0 Å². The average molecular weight is 472 g/mol. The number of halogens is 2. The van der Waals surface area contributed by atoms with E-state index in [1.165, 1.54) is 10.9 Å². The first-order valence-electron chi connectivity index (χ1n) is 6.88. The molecule has 2 atom stereocenters. The topological polar surface area (TPSA) is 46.4 Å². The van der Waals surface area contributed by atoms with E-state index in [0.29, 0.717) is 37.1 Å². The number of hydrogen-bond acceptors (Lipinski definition) is 5. The molecule has 0 N–H and O–H groups in total. The number of nitrogens with zero attached hydrogens (tertiary/aromatic N) is 3. The minimum atomic E-state index is 0.241. The fourth-order valence-corrected chi connectivity index (χ4v) is 1.88. The van der Waals surface area contributed by atoms with Gasteiger partial charge in [-0.1, -0.05) is 27.7 Å². The van der Waals surface area contributed by atoms with Crippen LogP contribution in [0.2, 0.25) is 0 Å². The van der Waals surface area contributed by atoms with Gasteiger partial charge in [-0.2, -0.15) is 0 Å². The van der Waals surface area contributed by atoms with Gasteiger partial charge in [0.1, 0.15) is 13.2 Å². The molecule has 8 heteroatoms. The predicted molar refractivity (Wildman–Crippen MR) is 89.6 cm³/mol. The maximum absolute atomic E-state index is 5.61. The molecule has 0 aromatic rings. The van der Waals surface area contributed by atoms with Gasteiger partial charge in [-0.25, -0.2) is 9.98 Å². The molecule has 0 radical (unpaired) electrons. The van der Waals surface area contributed by atoms with Crippen LogP contribution < -0.4 is 0 Å². The van der Waals surface area contributed by atoms with Crippen molar-refractivity contribution < 1.29 is 20.4 Å². The van der Waals surface area contributed by atoms with Crippen LogP contribution in [-0.4, -0.2) is 49.3 Å². The van der Waals surface area contributed by atoms with E-state index in [1.807, 2.05) is 11.9 Å². The molecule has 2 unspecified atom stereocenters. The summed E-state index contributed by atoms with van der Waals surface area (Å²) in [6, 6.07) is 1.73. The standard InChI is InChI=1S/C13H23N3O2.2BrH.Ni/c1-8(2)10-6-17-12(14-10)16(5)13-15-11(7-18-13)9(3)4;;;/h8-11H,6-7H2,1-5H3;2*1H;/q;;;+2/p-2. The van der Waals surface area contributed by atoms with Crippen molar-refractivity contribution in [3.63, 3.8) is 0 Å². The first-order chi connectivity index (χ1) is 9.90. The summed E-state index contributed by atoms with van der Waals surface area (Å²) in [4.78, 5) is 10.9. The Labute approximate surface area is 147 Å². The summed E-state index contributed by atoms with van der Waals surface area (Å²) in [7, 11) is 3.14. The van der Waals surface area contributed by atoms with Crippen LogP contribution in [0.5, 0.6) is 0 Å². The Bertz CT molecular complexity index is 358. The second kappa shape index (κ2) is 9.36. The molecule has 0 saturated carbocycles. The normalized spacial score (nSPS) is 24.2. The summed E-state index contributed by atoms with van der Waals surface area (Å²) in [6.45, 7) is 9.91. The van der Waals surface area contributed by atoms with E-state index in [1.54, 1.807) is 0 Å². The molecule has 0 spiro atoms. The van der Waals surface area contributed by atoms with Crippen LogP contribution in [0.15, 0.2) is 9.98 Å². The van der Waals surface area contributed by atoms with Crippen molar-refractivity contribution in [3.8, 4) is 0 Å². The van der Waals surface area contributed by atoms with Crippen molar-refractivity contribution in [2.24, 2.45) is 21.8 Å². The first kappa shape index (κ1) is 19.2. The van der Waals surface area contributed by atoms with Crippen molar-refractivity contribution in [1.82, 2.24) is 4.90 Å². The van der Waals surface area contributed by atoms with Crippen LogP contribution >= 0.6 is 28.5 Å². The molecule has 126 valence electrons. The summed E-state index contributed by atoms with van der Waals surface area (Å²) >= 11 is 6.00. The molecule has 0 aliphatic carbocycles. The molecule has 0 fully saturated rings. The van der Waals surface area contributed by atoms with Crippen LogP contribution in [0.4, 0.5) is 0 Å². The molecule has 21 heavy (non-hydrogen) atoms. The summed E-state index contributed by atoms with van der Waals surface area (Å²) in [5, 5.41) is 0. The van der Waals surface area contributed by atoms with Crippen LogP contribution in [0.3, 0.4) is 0 Å². The molecule has 0 aromatic heterocycles. The summed E-state index contributed by atoms with van der Waals surface area (Å²) in [6.07, 6.45) is 0. The molecule has 0 bridgehead atoms. The van der Waals surface area contributed by atoms with Crippen LogP contribution in [0.25, 0.3) is 0 Å². The third kappa shape index (κ3) is 5.72. The second-order valence-electron chi connectivity index (χ2n) is 5.67. The quantitative estimate of drug-likeness (QED) is 0.580. The summed E-state index contributed by atoms with van der Waals surface area (Å²) < 4.78 is 11.2. The number of ether oxygens (including phenoxy) is 2. The Morgan fingerprint density at radius 1 is 1.00 bits per heavy atom. The second-order valence-corrected chi connectivity index (χ2v) is 10.7. The van der Waals surface area contributed by atoms with Crippen LogP contribution in [0, 0.1) is 11.8 Å². The van der Waals surface area contributed by atoms with Crippen molar-refractivity contribution in [3.05, 3.63) is 0 Å². The fraction of sp³-hybridized carbons (Fsp3) is 0.846. The third-order valence-corrected chi connectivity index (χ3v) is 3.43. The van der Waals surface area contributed by atoms with Crippen molar-refractivity contribution in [2.75, 3.05) is 20.3 Å². The molecular weight excluding hydrogens is 449 g/mol. The van der Waals surface area contributed by atoms with Gasteiger partial charge in [0.15, 0.2) is 0 Å². The van der Waals surface area contributed by atoms with Crippen LogP contribution in [-0.2, 0) is 20.4 Å². The molecule has 2 aliphatic rings.